The molecule has 0 radical (unpaired) electrons. The third kappa shape index (κ3) is 3.88. The number of rotatable bonds is 3. The van der Waals surface area contributed by atoms with Crippen LogP contribution in [0.25, 0.3) is 0 Å². The second-order valence-corrected chi connectivity index (χ2v) is 0.755. The zero-order valence-corrected chi connectivity index (χ0v) is 4.02. The average molecular weight is 91.1 g/mol. The Bertz CT molecular complexity index is 20.8. The third-order valence-corrected chi connectivity index (χ3v) is 0.321. The van der Waals surface area contributed by atoms with Crippen LogP contribution in [0.5, 0.6) is 0 Å². The van der Waals surface area contributed by atoms with Crippen molar-refractivity contribution in [2.24, 2.45) is 0 Å². The minimum atomic E-state index is 0.302. The molecule has 0 amide bonds. The topological polar surface area (TPSA) is 30.5 Å². The van der Waals surface area contributed by atoms with Crippen LogP contribution in [-0.2, 0) is 9.57 Å². The number of hydroxylamine groups is 1. The maximum atomic E-state index is 4.51. The molecule has 0 aliphatic rings. The zero-order valence-electron chi connectivity index (χ0n) is 4.02. The van der Waals surface area contributed by atoms with E-state index in [0.29, 0.717) is 6.79 Å². The molecule has 3 nitrogen and oxygen atoms in total. The van der Waals surface area contributed by atoms with Crippen LogP contribution in [-0.4, -0.2) is 21.0 Å². The maximum Gasteiger partial charge on any atom is 0.166 e. The van der Waals surface area contributed by atoms with Crippen LogP contribution in [0.15, 0.2) is 0 Å². The Labute approximate surface area is 37.2 Å². The van der Waals surface area contributed by atoms with Crippen LogP contribution in [0, 0.1) is 0 Å². The van der Waals surface area contributed by atoms with E-state index >= 15 is 0 Å². The van der Waals surface area contributed by atoms with Crippen molar-refractivity contribution in [3.8, 4) is 0 Å². The van der Waals surface area contributed by atoms with E-state index in [4.69, 9.17) is 0 Å². The molecule has 0 unspecified atom stereocenters. The van der Waals surface area contributed by atoms with Gasteiger partial charge in [-0.3, -0.25) is 4.84 Å². The molecule has 0 bridgehead atoms. The van der Waals surface area contributed by atoms with Crippen LogP contribution in [0.1, 0.15) is 0 Å². The van der Waals surface area contributed by atoms with E-state index in [9.17, 15) is 0 Å². The van der Waals surface area contributed by atoms with Gasteiger partial charge in [-0.1, -0.05) is 0 Å². The Hall–Kier alpha value is -0.120. The molecule has 1 N–H and O–H groups in total. The first kappa shape index (κ1) is 5.88. The van der Waals surface area contributed by atoms with Crippen LogP contribution in [0.3, 0.4) is 0 Å². The first-order valence-electron chi connectivity index (χ1n) is 1.69. The normalized spacial score (nSPS) is 9.00. The van der Waals surface area contributed by atoms with Gasteiger partial charge in [-0.2, -0.15) is 0 Å². The molecule has 0 fully saturated rings. The van der Waals surface area contributed by atoms with E-state index in [0.717, 1.165) is 0 Å². The van der Waals surface area contributed by atoms with Crippen molar-refractivity contribution in [1.82, 2.24) is 5.48 Å². The molecule has 38 valence electrons. The Morgan fingerprint density at radius 3 is 2.50 bits per heavy atom. The Morgan fingerprint density at radius 2 is 2.33 bits per heavy atom. The van der Waals surface area contributed by atoms with Gasteiger partial charge < -0.3 is 4.74 Å². The van der Waals surface area contributed by atoms with Gasteiger partial charge in [0.05, 0.1) is 0 Å². The molecule has 0 aromatic carbocycles. The summed E-state index contributed by atoms with van der Waals surface area (Å²) in [6.45, 7) is 0.302. The highest BCUT2D eigenvalue weighted by molar-refractivity contribution is 3.89. The van der Waals surface area contributed by atoms with Crippen LogP contribution in [0.2, 0.25) is 0 Å². The zero-order chi connectivity index (χ0) is 4.83. The largest absolute Gasteiger partial charge is 0.357 e. The van der Waals surface area contributed by atoms with E-state index < -0.39 is 0 Å². The van der Waals surface area contributed by atoms with E-state index in [-0.39, 0.29) is 0 Å². The van der Waals surface area contributed by atoms with E-state index in [1.807, 2.05) is 0 Å². The van der Waals surface area contributed by atoms with Gasteiger partial charge in [-0.05, 0) is 0 Å². The van der Waals surface area contributed by atoms with Crippen LogP contribution >= 0.6 is 0 Å². The molecule has 0 saturated heterocycles. The Balaban J connectivity index is 2.34. The highest BCUT2D eigenvalue weighted by atomic mass is 16.7. The van der Waals surface area contributed by atoms with Gasteiger partial charge in [-0.25, -0.2) is 5.48 Å². The van der Waals surface area contributed by atoms with Crippen LogP contribution in [0.4, 0.5) is 0 Å². The van der Waals surface area contributed by atoms with Gasteiger partial charge in [0.2, 0.25) is 0 Å². The third-order valence-electron chi connectivity index (χ3n) is 0.321. The van der Waals surface area contributed by atoms with Crippen molar-refractivity contribution < 1.29 is 9.57 Å². The van der Waals surface area contributed by atoms with E-state index in [1.54, 1.807) is 14.2 Å². The summed E-state index contributed by atoms with van der Waals surface area (Å²) < 4.78 is 4.50. The smallest absolute Gasteiger partial charge is 0.166 e. The number of ether oxygens (including phenoxy) is 1. The molecule has 0 spiro atoms. The Kier molecular flexibility index (Phi) is 4.78. The summed E-state index contributed by atoms with van der Waals surface area (Å²) in [4.78, 5) is 4.51. The summed E-state index contributed by atoms with van der Waals surface area (Å²) in [6.07, 6.45) is 0. The standard InChI is InChI=1S/C3H9NO2/c1-4-6-3-5-2/h4H,3H2,1-2H3. The van der Waals surface area contributed by atoms with Crippen molar-refractivity contribution in [3.05, 3.63) is 0 Å². The molecule has 0 aromatic heterocycles. The fraction of sp³-hybridized carbons (Fsp3) is 1.00. The van der Waals surface area contributed by atoms with Crippen molar-refractivity contribution in [2.45, 2.75) is 0 Å². The quantitative estimate of drug-likeness (QED) is 0.295. The fourth-order valence-corrected chi connectivity index (χ4v) is 0.118. The average Bonchev–Trinajstić information content (AvgIpc) is 1.61. The molecule has 0 aliphatic carbocycles. The molecule has 0 atom stereocenters. The van der Waals surface area contributed by atoms with Crippen molar-refractivity contribution in [3.63, 3.8) is 0 Å². The monoisotopic (exact) mass is 91.1 g/mol. The SMILES string of the molecule is CNOCOC. The highest BCUT2D eigenvalue weighted by Crippen LogP contribution is 1.60. The Morgan fingerprint density at radius 1 is 1.67 bits per heavy atom. The summed E-state index contributed by atoms with van der Waals surface area (Å²) in [5, 5.41) is 0. The minimum absolute atomic E-state index is 0.302. The number of methoxy groups -OCH3 is 1. The minimum Gasteiger partial charge on any atom is -0.357 e. The van der Waals surface area contributed by atoms with Gasteiger partial charge >= 0.3 is 0 Å². The number of hydrogen-bond donors (Lipinski definition) is 1. The molecule has 0 rings (SSSR count). The molecular formula is C3H9NO2. The van der Waals surface area contributed by atoms with Gasteiger partial charge in [0.15, 0.2) is 6.79 Å². The first-order valence-corrected chi connectivity index (χ1v) is 1.69. The molecule has 0 aromatic rings. The summed E-state index contributed by atoms with van der Waals surface area (Å²) in [5.41, 5.74) is 2.44. The lowest BCUT2D eigenvalue weighted by Crippen LogP contribution is -2.08. The predicted molar refractivity (Wildman–Crippen MR) is 22.0 cm³/mol. The van der Waals surface area contributed by atoms with Gasteiger partial charge in [-0.15, -0.1) is 0 Å². The summed E-state index contributed by atoms with van der Waals surface area (Å²) in [7, 11) is 3.25. The maximum absolute atomic E-state index is 4.51. The molecular weight excluding hydrogens is 82.0 g/mol. The van der Waals surface area contributed by atoms with Crippen molar-refractivity contribution in [1.29, 1.82) is 0 Å². The second kappa shape index (κ2) is 4.88. The van der Waals surface area contributed by atoms with Crippen molar-refractivity contribution in [2.75, 3.05) is 21.0 Å². The molecule has 3 heteroatoms. The lowest BCUT2D eigenvalue weighted by molar-refractivity contribution is -0.0733. The second-order valence-electron chi connectivity index (χ2n) is 0.755. The first-order chi connectivity index (χ1) is 2.91. The van der Waals surface area contributed by atoms with Crippen LogP contribution < -0.4 is 5.48 Å². The van der Waals surface area contributed by atoms with E-state index in [2.05, 4.69) is 15.1 Å². The molecule has 0 heterocycles. The predicted octanol–water partition coefficient (Wildman–Crippen LogP) is -0.259. The molecule has 0 aliphatic heterocycles. The fourth-order valence-electron chi connectivity index (χ4n) is 0.118. The molecule has 6 heavy (non-hydrogen) atoms. The highest BCUT2D eigenvalue weighted by Gasteiger charge is 1.70. The summed E-state index contributed by atoms with van der Waals surface area (Å²) >= 11 is 0. The van der Waals surface area contributed by atoms with Gasteiger partial charge in [0.25, 0.3) is 0 Å². The van der Waals surface area contributed by atoms with E-state index in [1.165, 1.54) is 0 Å². The summed E-state index contributed by atoms with van der Waals surface area (Å²) in [5.74, 6) is 0. The number of hydrogen-bond acceptors (Lipinski definition) is 3. The van der Waals surface area contributed by atoms with Gasteiger partial charge in [0, 0.05) is 14.2 Å². The molecule has 0 saturated carbocycles. The lowest BCUT2D eigenvalue weighted by atomic mass is 11.4. The summed E-state index contributed by atoms with van der Waals surface area (Å²) in [6, 6.07) is 0. The lowest BCUT2D eigenvalue weighted by Gasteiger charge is -1.94. The number of nitrogens with one attached hydrogen (secondary N) is 1. The van der Waals surface area contributed by atoms with Crippen molar-refractivity contribution >= 4 is 0 Å². The van der Waals surface area contributed by atoms with Gasteiger partial charge in [0.1, 0.15) is 0 Å².